The first-order valence-electron chi connectivity index (χ1n) is 8.23. The van der Waals surface area contributed by atoms with Gasteiger partial charge in [0, 0.05) is 13.6 Å². The van der Waals surface area contributed by atoms with E-state index < -0.39 is 0 Å². The molecule has 3 aromatic heterocycles. The molecule has 0 atom stereocenters. The Morgan fingerprint density at radius 2 is 2.20 bits per heavy atom. The van der Waals surface area contributed by atoms with E-state index in [1.807, 2.05) is 26.1 Å². The predicted molar refractivity (Wildman–Crippen MR) is 100.0 cm³/mol. The highest BCUT2D eigenvalue weighted by molar-refractivity contribution is 7.20. The van der Waals surface area contributed by atoms with E-state index in [2.05, 4.69) is 29.1 Å². The summed E-state index contributed by atoms with van der Waals surface area (Å²) < 4.78 is 5.35. The maximum Gasteiger partial charge on any atom is 0.264 e. The first-order chi connectivity index (χ1) is 12.0. The molecule has 0 aliphatic rings. The zero-order chi connectivity index (χ0) is 18.0. The average molecular weight is 358 g/mol. The highest BCUT2D eigenvalue weighted by Crippen LogP contribution is 2.34. The van der Waals surface area contributed by atoms with E-state index in [-0.39, 0.29) is 5.91 Å². The zero-order valence-electron chi connectivity index (χ0n) is 14.9. The molecule has 132 valence electrons. The van der Waals surface area contributed by atoms with Crippen molar-refractivity contribution in [2.45, 2.75) is 27.3 Å². The second-order valence-corrected chi connectivity index (χ2v) is 7.47. The maximum atomic E-state index is 12.8. The lowest BCUT2D eigenvalue weighted by molar-refractivity contribution is 0.0783. The Kier molecular flexibility index (Phi) is 5.03. The third-order valence-electron chi connectivity index (χ3n) is 3.92. The summed E-state index contributed by atoms with van der Waals surface area (Å²) in [6.07, 6.45) is 3.17. The number of aryl methyl sites for hydroxylation is 1. The highest BCUT2D eigenvalue weighted by atomic mass is 32.1. The number of thiophene rings is 1. The Morgan fingerprint density at radius 1 is 1.40 bits per heavy atom. The monoisotopic (exact) mass is 358 g/mol. The summed E-state index contributed by atoms with van der Waals surface area (Å²) in [4.78, 5) is 24.8. The van der Waals surface area contributed by atoms with Crippen LogP contribution in [0.15, 0.2) is 29.1 Å². The molecule has 1 N–H and O–H groups in total. The van der Waals surface area contributed by atoms with Gasteiger partial charge >= 0.3 is 0 Å². The van der Waals surface area contributed by atoms with Gasteiger partial charge in [0.1, 0.15) is 22.7 Å². The van der Waals surface area contributed by atoms with E-state index >= 15 is 0 Å². The van der Waals surface area contributed by atoms with Crippen molar-refractivity contribution >= 4 is 33.3 Å². The first-order valence-corrected chi connectivity index (χ1v) is 9.04. The number of aromatic nitrogens is 2. The van der Waals surface area contributed by atoms with E-state index in [0.717, 1.165) is 38.8 Å². The second-order valence-electron chi connectivity index (χ2n) is 6.47. The van der Waals surface area contributed by atoms with Crippen LogP contribution in [0.5, 0.6) is 0 Å². The molecule has 0 bridgehead atoms. The molecule has 3 rings (SSSR count). The Morgan fingerprint density at radius 3 is 2.88 bits per heavy atom. The largest absolute Gasteiger partial charge is 0.467 e. The fourth-order valence-corrected chi connectivity index (χ4v) is 3.94. The number of nitrogens with one attached hydrogen (secondary N) is 1. The number of rotatable bonds is 6. The smallest absolute Gasteiger partial charge is 0.264 e. The summed E-state index contributed by atoms with van der Waals surface area (Å²) in [6.45, 7) is 7.41. The van der Waals surface area contributed by atoms with Gasteiger partial charge < -0.3 is 14.6 Å². The number of fused-ring (bicyclic) bond motifs is 1. The number of anilines is 1. The van der Waals surface area contributed by atoms with E-state index in [1.165, 1.54) is 17.7 Å². The number of hydrogen-bond acceptors (Lipinski definition) is 6. The topological polar surface area (TPSA) is 71.3 Å². The molecule has 0 saturated carbocycles. The van der Waals surface area contributed by atoms with Gasteiger partial charge in [-0.25, -0.2) is 9.97 Å². The first kappa shape index (κ1) is 17.4. The summed E-state index contributed by atoms with van der Waals surface area (Å²) in [5.41, 5.74) is 0.920. The lowest BCUT2D eigenvalue weighted by Gasteiger charge is -2.18. The van der Waals surface area contributed by atoms with Crippen LogP contribution < -0.4 is 5.32 Å². The van der Waals surface area contributed by atoms with Crippen LogP contribution in [0, 0.1) is 12.8 Å². The quantitative estimate of drug-likeness (QED) is 0.723. The standard InChI is InChI=1S/C18H22N4O2S/c1-11(2)9-22(4)18(23)15-12(3)14-16(20-10-21-17(14)25-15)19-8-13-6-5-7-24-13/h5-7,10-11H,8-9H2,1-4H3,(H,19,20,21). The Labute approximate surface area is 150 Å². The molecule has 0 radical (unpaired) electrons. The third kappa shape index (κ3) is 3.66. The summed E-state index contributed by atoms with van der Waals surface area (Å²) >= 11 is 1.42. The molecule has 0 spiro atoms. The van der Waals surface area contributed by atoms with Gasteiger partial charge in [-0.1, -0.05) is 13.8 Å². The van der Waals surface area contributed by atoms with Crippen molar-refractivity contribution in [3.63, 3.8) is 0 Å². The van der Waals surface area contributed by atoms with Gasteiger partial charge in [0.2, 0.25) is 0 Å². The summed E-state index contributed by atoms with van der Waals surface area (Å²) in [6, 6.07) is 3.76. The molecule has 7 heteroatoms. The van der Waals surface area contributed by atoms with Gasteiger partial charge in [-0.3, -0.25) is 4.79 Å². The molecule has 1 amide bonds. The van der Waals surface area contributed by atoms with E-state index in [4.69, 9.17) is 4.42 Å². The number of carbonyl (C=O) groups excluding carboxylic acids is 1. The van der Waals surface area contributed by atoms with E-state index in [9.17, 15) is 4.79 Å². The molecule has 3 aromatic rings. The molecule has 0 aliphatic heterocycles. The van der Waals surface area contributed by atoms with Crippen LogP contribution >= 0.6 is 11.3 Å². The van der Waals surface area contributed by atoms with Gasteiger partial charge in [0.15, 0.2) is 0 Å². The average Bonchev–Trinajstić information content (AvgIpc) is 3.20. The zero-order valence-corrected chi connectivity index (χ0v) is 15.7. The minimum atomic E-state index is 0.0335. The summed E-state index contributed by atoms with van der Waals surface area (Å²) in [5.74, 6) is 2.01. The van der Waals surface area contributed by atoms with Gasteiger partial charge in [0.25, 0.3) is 5.91 Å². The lowest BCUT2D eigenvalue weighted by Crippen LogP contribution is -2.30. The fraction of sp³-hybridized carbons (Fsp3) is 0.389. The molecule has 6 nitrogen and oxygen atoms in total. The van der Waals surface area contributed by atoms with Crippen LogP contribution in [0.25, 0.3) is 10.2 Å². The molecule has 3 heterocycles. The SMILES string of the molecule is Cc1c(C(=O)N(C)CC(C)C)sc2ncnc(NCc3ccco3)c12. The number of carbonyl (C=O) groups is 1. The summed E-state index contributed by atoms with van der Waals surface area (Å²) in [7, 11) is 1.84. The van der Waals surface area contributed by atoms with Crippen molar-refractivity contribution in [2.75, 3.05) is 18.9 Å². The minimum absolute atomic E-state index is 0.0335. The van der Waals surface area contributed by atoms with Crippen molar-refractivity contribution < 1.29 is 9.21 Å². The molecule has 25 heavy (non-hydrogen) atoms. The lowest BCUT2D eigenvalue weighted by atomic mass is 10.1. The normalized spacial score (nSPS) is 11.2. The second kappa shape index (κ2) is 7.23. The predicted octanol–water partition coefficient (Wildman–Crippen LogP) is 3.93. The van der Waals surface area contributed by atoms with Crippen molar-refractivity contribution in [3.8, 4) is 0 Å². The van der Waals surface area contributed by atoms with E-state index in [1.54, 1.807) is 11.2 Å². The Hall–Kier alpha value is -2.41. The number of nitrogens with zero attached hydrogens (tertiary/aromatic N) is 3. The van der Waals surface area contributed by atoms with Crippen molar-refractivity contribution in [1.29, 1.82) is 0 Å². The van der Waals surface area contributed by atoms with E-state index in [0.29, 0.717) is 12.5 Å². The number of hydrogen-bond donors (Lipinski definition) is 1. The molecule has 0 saturated heterocycles. The Balaban J connectivity index is 1.91. The van der Waals surface area contributed by atoms with Crippen LogP contribution in [0.3, 0.4) is 0 Å². The van der Waals surface area contributed by atoms with Crippen molar-refractivity contribution in [3.05, 3.63) is 40.9 Å². The van der Waals surface area contributed by atoms with Crippen LogP contribution in [0.1, 0.15) is 34.8 Å². The molecular formula is C18H22N4O2S. The van der Waals surface area contributed by atoms with Gasteiger partial charge in [-0.15, -0.1) is 11.3 Å². The van der Waals surface area contributed by atoms with Gasteiger partial charge in [-0.2, -0.15) is 0 Å². The van der Waals surface area contributed by atoms with Crippen LogP contribution in [-0.4, -0.2) is 34.4 Å². The Bertz CT molecular complexity index is 871. The van der Waals surface area contributed by atoms with Crippen molar-refractivity contribution in [1.82, 2.24) is 14.9 Å². The van der Waals surface area contributed by atoms with Gasteiger partial charge in [0.05, 0.1) is 23.1 Å². The molecule has 0 fully saturated rings. The van der Waals surface area contributed by atoms with Gasteiger partial charge in [-0.05, 0) is 30.5 Å². The number of furan rings is 1. The van der Waals surface area contributed by atoms with Crippen molar-refractivity contribution in [2.24, 2.45) is 5.92 Å². The number of amides is 1. The fourth-order valence-electron chi connectivity index (χ4n) is 2.80. The molecular weight excluding hydrogens is 336 g/mol. The minimum Gasteiger partial charge on any atom is -0.467 e. The third-order valence-corrected chi connectivity index (χ3v) is 5.10. The van der Waals surface area contributed by atoms with Crippen LogP contribution in [0.2, 0.25) is 0 Å². The molecule has 0 aliphatic carbocycles. The van der Waals surface area contributed by atoms with Crippen LogP contribution in [0.4, 0.5) is 5.82 Å². The summed E-state index contributed by atoms with van der Waals surface area (Å²) in [5, 5.41) is 4.18. The molecule has 0 aromatic carbocycles. The maximum absolute atomic E-state index is 12.8. The molecule has 0 unspecified atom stereocenters. The van der Waals surface area contributed by atoms with Crippen LogP contribution in [-0.2, 0) is 6.54 Å². The highest BCUT2D eigenvalue weighted by Gasteiger charge is 2.22.